The third kappa shape index (κ3) is 4.18. The number of hydrogen-bond acceptors (Lipinski definition) is 5. The van der Waals surface area contributed by atoms with Crippen LogP contribution in [0.5, 0.6) is 11.5 Å². The summed E-state index contributed by atoms with van der Waals surface area (Å²) in [5, 5.41) is 0.901. The molecular weight excluding hydrogens is 378 g/mol. The average Bonchev–Trinajstić information content (AvgIpc) is 2.80. The molecule has 30 heavy (non-hydrogen) atoms. The van der Waals surface area contributed by atoms with Gasteiger partial charge in [0.1, 0.15) is 18.1 Å². The minimum Gasteiger partial charge on any atom is -0.497 e. The first-order valence-electron chi connectivity index (χ1n) is 9.73. The number of methoxy groups -OCH3 is 1. The first kappa shape index (κ1) is 19.7. The zero-order chi connectivity index (χ0) is 20.9. The number of nitrogens with zero attached hydrogens (tertiary/aromatic N) is 2. The van der Waals surface area contributed by atoms with Gasteiger partial charge in [0.15, 0.2) is 0 Å². The average molecular weight is 401 g/mol. The van der Waals surface area contributed by atoms with Gasteiger partial charge in [-0.05, 0) is 47.0 Å². The summed E-state index contributed by atoms with van der Waals surface area (Å²) in [5.74, 6) is 1.47. The Hall–Kier alpha value is -3.64. The summed E-state index contributed by atoms with van der Waals surface area (Å²) < 4.78 is 12.9. The maximum Gasteiger partial charge on any atom is 0.250 e. The molecule has 6 nitrogen and oxygen atoms in total. The predicted octanol–water partition coefficient (Wildman–Crippen LogP) is 3.61. The van der Waals surface area contributed by atoms with Gasteiger partial charge in [-0.3, -0.25) is 9.78 Å². The second-order valence-electron chi connectivity index (χ2n) is 6.89. The summed E-state index contributed by atoms with van der Waals surface area (Å²) in [5.41, 5.74) is 9.52. The fraction of sp³-hybridized carbons (Fsp3) is 0.167. The van der Waals surface area contributed by atoms with Crippen LogP contribution in [0.3, 0.4) is 0 Å². The van der Waals surface area contributed by atoms with E-state index in [1.807, 2.05) is 60.8 Å². The molecule has 0 fully saturated rings. The lowest BCUT2D eigenvalue weighted by atomic mass is 10.0. The molecule has 2 aromatic carbocycles. The van der Waals surface area contributed by atoms with Gasteiger partial charge < -0.3 is 19.8 Å². The van der Waals surface area contributed by atoms with Crippen molar-refractivity contribution in [3.63, 3.8) is 0 Å². The van der Waals surface area contributed by atoms with E-state index in [9.17, 15) is 4.79 Å². The number of aromatic nitrogens is 2. The van der Waals surface area contributed by atoms with Gasteiger partial charge in [0.05, 0.1) is 19.2 Å². The quantitative estimate of drug-likeness (QED) is 0.512. The van der Waals surface area contributed by atoms with E-state index in [0.717, 1.165) is 39.1 Å². The molecule has 0 saturated heterocycles. The zero-order valence-corrected chi connectivity index (χ0v) is 16.7. The van der Waals surface area contributed by atoms with E-state index in [4.69, 9.17) is 15.2 Å². The molecule has 4 aromatic rings. The molecule has 0 aliphatic carbocycles. The summed E-state index contributed by atoms with van der Waals surface area (Å²) in [6.07, 6.45) is 3.56. The van der Waals surface area contributed by atoms with Crippen LogP contribution in [0.4, 0.5) is 0 Å². The topological polar surface area (TPSA) is 79.4 Å². The third-order valence-corrected chi connectivity index (χ3v) is 4.98. The molecule has 0 radical (unpaired) electrons. The largest absolute Gasteiger partial charge is 0.497 e. The number of ether oxygens (including phenoxy) is 2. The van der Waals surface area contributed by atoms with Gasteiger partial charge in [0.25, 0.3) is 5.56 Å². The van der Waals surface area contributed by atoms with Crippen molar-refractivity contribution in [3.8, 4) is 22.6 Å². The number of hydrogen-bond donors (Lipinski definition) is 1. The molecule has 0 amide bonds. The number of nitrogens with two attached hydrogens (primary N) is 1. The van der Waals surface area contributed by atoms with Gasteiger partial charge in [0, 0.05) is 36.5 Å². The summed E-state index contributed by atoms with van der Waals surface area (Å²) in [7, 11) is 1.62. The number of rotatable bonds is 7. The van der Waals surface area contributed by atoms with Crippen molar-refractivity contribution in [2.75, 3.05) is 13.7 Å². The van der Waals surface area contributed by atoms with Crippen LogP contribution in [0.25, 0.3) is 22.0 Å². The van der Waals surface area contributed by atoms with Gasteiger partial charge in [-0.15, -0.1) is 0 Å². The van der Waals surface area contributed by atoms with E-state index >= 15 is 0 Å². The van der Waals surface area contributed by atoms with E-state index in [0.29, 0.717) is 19.7 Å². The summed E-state index contributed by atoms with van der Waals surface area (Å²) in [6, 6.07) is 18.9. The van der Waals surface area contributed by atoms with Gasteiger partial charge in [-0.2, -0.15) is 0 Å². The van der Waals surface area contributed by atoms with Crippen molar-refractivity contribution in [3.05, 3.63) is 89.0 Å². The van der Waals surface area contributed by atoms with Crippen LogP contribution in [0.2, 0.25) is 0 Å². The SMILES string of the molecule is COc1ccc2c(OCCn3cc(-c4cccc(CN)c4)ccc3=O)ccnc2c1. The van der Waals surface area contributed by atoms with Gasteiger partial charge in [-0.1, -0.05) is 18.2 Å². The molecular formula is C24H23N3O3. The lowest BCUT2D eigenvalue weighted by Gasteiger charge is -2.12. The highest BCUT2D eigenvalue weighted by molar-refractivity contribution is 5.85. The maximum atomic E-state index is 12.3. The molecule has 0 aliphatic rings. The van der Waals surface area contributed by atoms with Crippen LogP contribution in [0.15, 0.2) is 77.9 Å². The van der Waals surface area contributed by atoms with E-state index in [2.05, 4.69) is 4.98 Å². The highest BCUT2D eigenvalue weighted by Gasteiger charge is 2.06. The molecule has 0 bridgehead atoms. The van der Waals surface area contributed by atoms with Crippen molar-refractivity contribution in [1.82, 2.24) is 9.55 Å². The number of pyridine rings is 2. The van der Waals surface area contributed by atoms with E-state index in [1.165, 1.54) is 0 Å². The van der Waals surface area contributed by atoms with E-state index in [-0.39, 0.29) is 5.56 Å². The molecule has 0 spiro atoms. The smallest absolute Gasteiger partial charge is 0.250 e. The number of fused-ring (bicyclic) bond motifs is 1. The van der Waals surface area contributed by atoms with Crippen molar-refractivity contribution < 1.29 is 9.47 Å². The first-order chi connectivity index (χ1) is 14.7. The predicted molar refractivity (Wildman–Crippen MR) is 118 cm³/mol. The molecule has 6 heteroatoms. The first-order valence-corrected chi connectivity index (χ1v) is 9.73. The van der Waals surface area contributed by atoms with Crippen LogP contribution in [0, 0.1) is 0 Å². The third-order valence-electron chi connectivity index (χ3n) is 4.98. The van der Waals surface area contributed by atoms with Gasteiger partial charge in [-0.25, -0.2) is 0 Å². The molecule has 2 N–H and O–H groups in total. The Bertz CT molecular complexity index is 1230. The Kier molecular flexibility index (Phi) is 5.77. The van der Waals surface area contributed by atoms with Crippen LogP contribution < -0.4 is 20.8 Å². The second-order valence-corrected chi connectivity index (χ2v) is 6.89. The monoisotopic (exact) mass is 401 g/mol. The van der Waals surface area contributed by atoms with E-state index < -0.39 is 0 Å². The summed E-state index contributed by atoms with van der Waals surface area (Å²) >= 11 is 0. The molecule has 0 atom stereocenters. The highest BCUT2D eigenvalue weighted by atomic mass is 16.5. The van der Waals surface area contributed by atoms with Crippen LogP contribution in [0.1, 0.15) is 5.56 Å². The van der Waals surface area contributed by atoms with Crippen molar-refractivity contribution in [1.29, 1.82) is 0 Å². The lowest BCUT2D eigenvalue weighted by molar-refractivity contribution is 0.299. The van der Waals surface area contributed by atoms with Crippen molar-refractivity contribution in [2.45, 2.75) is 13.1 Å². The summed E-state index contributed by atoms with van der Waals surface area (Å²) in [6.45, 7) is 1.27. The van der Waals surface area contributed by atoms with E-state index in [1.54, 1.807) is 23.9 Å². The van der Waals surface area contributed by atoms with Crippen LogP contribution >= 0.6 is 0 Å². The maximum absolute atomic E-state index is 12.3. The fourth-order valence-electron chi connectivity index (χ4n) is 3.36. The van der Waals surface area contributed by atoms with Crippen molar-refractivity contribution in [2.24, 2.45) is 5.73 Å². The Labute approximate surface area is 174 Å². The van der Waals surface area contributed by atoms with Gasteiger partial charge >= 0.3 is 0 Å². The minimum atomic E-state index is -0.0679. The lowest BCUT2D eigenvalue weighted by Crippen LogP contribution is -2.22. The molecule has 2 aromatic heterocycles. The minimum absolute atomic E-state index is 0.0679. The molecule has 4 rings (SSSR count). The molecule has 0 unspecified atom stereocenters. The Morgan fingerprint density at radius 3 is 2.77 bits per heavy atom. The summed E-state index contributed by atoms with van der Waals surface area (Å²) in [4.78, 5) is 16.7. The van der Waals surface area contributed by atoms with Crippen molar-refractivity contribution >= 4 is 10.9 Å². The zero-order valence-electron chi connectivity index (χ0n) is 16.7. The Morgan fingerprint density at radius 2 is 1.93 bits per heavy atom. The Morgan fingerprint density at radius 1 is 1.03 bits per heavy atom. The second kappa shape index (κ2) is 8.80. The fourth-order valence-corrected chi connectivity index (χ4v) is 3.36. The number of benzene rings is 2. The highest BCUT2D eigenvalue weighted by Crippen LogP contribution is 2.27. The van der Waals surface area contributed by atoms with Crippen LogP contribution in [-0.2, 0) is 13.1 Å². The standard InChI is InChI=1S/C24H23N3O3/c1-29-20-6-7-21-22(14-20)26-10-9-23(21)30-12-11-27-16-19(5-8-24(27)28)18-4-2-3-17(13-18)15-25/h2-10,13-14,16H,11-12,15,25H2,1H3. The Balaban J connectivity index is 1.52. The molecule has 0 saturated carbocycles. The molecule has 0 aliphatic heterocycles. The molecule has 152 valence electrons. The molecule has 2 heterocycles. The van der Waals surface area contributed by atoms with Crippen LogP contribution in [-0.4, -0.2) is 23.3 Å². The van der Waals surface area contributed by atoms with Gasteiger partial charge in [0.2, 0.25) is 0 Å². The normalized spacial score (nSPS) is 10.9.